The second kappa shape index (κ2) is 13.9. The molecule has 3 amide bonds. The van der Waals surface area contributed by atoms with E-state index in [1.54, 1.807) is 0 Å². The van der Waals surface area contributed by atoms with Gasteiger partial charge in [0.05, 0.1) is 12.1 Å². The summed E-state index contributed by atoms with van der Waals surface area (Å²) < 4.78 is 0. The van der Waals surface area contributed by atoms with Crippen LogP contribution in [0.2, 0.25) is 0 Å². The van der Waals surface area contributed by atoms with E-state index in [0.29, 0.717) is 12.2 Å². The maximum absolute atomic E-state index is 12.4. The van der Waals surface area contributed by atoms with Crippen LogP contribution in [0.5, 0.6) is 0 Å². The Morgan fingerprint density at radius 1 is 1.00 bits per heavy atom. The summed E-state index contributed by atoms with van der Waals surface area (Å²) in [7, 11) is 0. The molecule has 0 saturated carbocycles. The first kappa shape index (κ1) is 26.9. The molecule has 0 heterocycles. The average Bonchev–Trinajstić information content (AvgIpc) is 2.64. The Kier molecular flexibility index (Phi) is 13.4. The molecule has 0 saturated heterocycles. The van der Waals surface area contributed by atoms with Crippen LogP contribution < -0.4 is 21.7 Å². The molecule has 5 atom stereocenters. The summed E-state index contributed by atoms with van der Waals surface area (Å²) in [6.45, 7) is 1.21. The number of carbonyl (C=O) groups is 4. The normalized spacial score (nSPS) is 16.2. The molecule has 0 bridgehead atoms. The van der Waals surface area contributed by atoms with Crippen molar-refractivity contribution in [2.75, 3.05) is 23.5 Å². The van der Waals surface area contributed by atoms with E-state index in [0.717, 1.165) is 0 Å². The lowest BCUT2D eigenvalue weighted by Crippen LogP contribution is -2.59. The van der Waals surface area contributed by atoms with Crippen LogP contribution in [-0.2, 0) is 19.2 Å². The fourth-order valence-corrected chi connectivity index (χ4v) is 2.96. The summed E-state index contributed by atoms with van der Waals surface area (Å²) in [4.78, 5) is 47.7. The quantitative estimate of drug-likeness (QED) is 0.145. The van der Waals surface area contributed by atoms with Gasteiger partial charge in [-0.25, -0.2) is 4.79 Å². The number of carbonyl (C=O) groups excluding carboxylic acids is 3. The van der Waals surface area contributed by atoms with E-state index in [2.05, 4.69) is 41.2 Å². The van der Waals surface area contributed by atoms with Gasteiger partial charge in [-0.15, -0.1) is 0 Å². The molecule has 0 spiro atoms. The minimum absolute atomic E-state index is 0.0425. The molecule has 0 aromatic rings. The van der Waals surface area contributed by atoms with Crippen molar-refractivity contribution in [3.63, 3.8) is 0 Å². The average molecular weight is 457 g/mol. The Morgan fingerprint density at radius 2 is 1.46 bits per heavy atom. The zero-order valence-electron chi connectivity index (χ0n) is 15.6. The van der Waals surface area contributed by atoms with Crippen LogP contribution in [0, 0.1) is 0 Å². The Bertz CT molecular complexity index is 552. The summed E-state index contributed by atoms with van der Waals surface area (Å²) in [5.74, 6) is -2.97. The van der Waals surface area contributed by atoms with E-state index in [9.17, 15) is 24.3 Å². The zero-order valence-corrected chi connectivity index (χ0v) is 18.2. The summed E-state index contributed by atoms with van der Waals surface area (Å²) >= 11 is 9.55. The van der Waals surface area contributed by atoms with Gasteiger partial charge in [-0.05, 0) is 25.4 Å². The number of thioether (sulfide) groups is 1. The highest BCUT2D eigenvalue weighted by Crippen LogP contribution is 2.01. The van der Waals surface area contributed by atoms with Crippen LogP contribution in [0.15, 0.2) is 0 Å². The van der Waals surface area contributed by atoms with E-state index in [1.807, 2.05) is 6.26 Å². The predicted octanol–water partition coefficient (Wildman–Crippen LogP) is -2.15. The van der Waals surface area contributed by atoms with Gasteiger partial charge in [-0.3, -0.25) is 14.4 Å². The molecule has 13 heteroatoms. The van der Waals surface area contributed by atoms with E-state index in [-0.39, 0.29) is 11.5 Å². The first-order chi connectivity index (χ1) is 13.1. The molecule has 10 nitrogen and oxygen atoms in total. The van der Waals surface area contributed by atoms with Crippen LogP contribution in [0.25, 0.3) is 0 Å². The number of aliphatic hydroxyl groups is 1. The molecule has 28 heavy (non-hydrogen) atoms. The summed E-state index contributed by atoms with van der Waals surface area (Å²) in [5.41, 5.74) is 5.76. The highest BCUT2D eigenvalue weighted by atomic mass is 32.2. The Labute approximate surface area is 179 Å². The first-order valence-electron chi connectivity index (χ1n) is 8.37. The zero-order chi connectivity index (χ0) is 21.9. The second-order valence-electron chi connectivity index (χ2n) is 5.94. The SMILES string of the molecule is CSCCC(N)C(=O)NC(CS)C(=O)NC(CS)C(=O)NC(C(=O)O)C(C)O. The number of carboxylic acid groups (broad SMARTS) is 1. The largest absolute Gasteiger partial charge is 0.480 e. The standard InChI is InChI=1S/C15H28N4O6S3/c1-7(20)11(15(24)25)19-14(23)10(6-27)18-13(22)9(5-26)17-12(21)8(16)3-4-28-2/h7-11,20,26-27H,3-6,16H2,1-2H3,(H,17,21)(H,18,22)(H,19,23)(H,24,25). The van der Waals surface area contributed by atoms with Gasteiger partial charge in [0, 0.05) is 11.5 Å². The Balaban J connectivity index is 4.92. The van der Waals surface area contributed by atoms with E-state index >= 15 is 0 Å². The molecule has 162 valence electrons. The number of nitrogens with two attached hydrogens (primary N) is 1. The number of aliphatic carboxylic acids is 1. The monoisotopic (exact) mass is 456 g/mol. The van der Waals surface area contributed by atoms with E-state index in [4.69, 9.17) is 10.8 Å². The van der Waals surface area contributed by atoms with Crippen LogP contribution in [0.3, 0.4) is 0 Å². The van der Waals surface area contributed by atoms with Crippen LogP contribution >= 0.6 is 37.0 Å². The van der Waals surface area contributed by atoms with Crippen molar-refractivity contribution in [1.29, 1.82) is 0 Å². The molecule has 0 aliphatic rings. The molecular formula is C15H28N4O6S3. The van der Waals surface area contributed by atoms with Crippen LogP contribution in [-0.4, -0.2) is 87.7 Å². The van der Waals surface area contributed by atoms with Crippen molar-refractivity contribution in [3.8, 4) is 0 Å². The molecule has 0 aliphatic carbocycles. The molecule has 5 unspecified atom stereocenters. The number of amides is 3. The minimum Gasteiger partial charge on any atom is -0.480 e. The molecule has 7 N–H and O–H groups in total. The van der Waals surface area contributed by atoms with Crippen molar-refractivity contribution >= 4 is 60.7 Å². The van der Waals surface area contributed by atoms with Gasteiger partial charge in [0.25, 0.3) is 0 Å². The molecule has 0 aliphatic heterocycles. The van der Waals surface area contributed by atoms with Crippen molar-refractivity contribution in [3.05, 3.63) is 0 Å². The summed E-state index contributed by atoms with van der Waals surface area (Å²) in [6.07, 6.45) is 0.972. The van der Waals surface area contributed by atoms with E-state index in [1.165, 1.54) is 18.7 Å². The lowest BCUT2D eigenvalue weighted by Gasteiger charge is -2.24. The number of thiol groups is 2. The molecule has 0 rings (SSSR count). The van der Waals surface area contributed by atoms with Crippen molar-refractivity contribution in [1.82, 2.24) is 16.0 Å². The number of hydrogen-bond acceptors (Lipinski definition) is 9. The number of aliphatic hydroxyl groups excluding tert-OH is 1. The Hall–Kier alpha value is -1.15. The Morgan fingerprint density at radius 3 is 1.86 bits per heavy atom. The van der Waals surface area contributed by atoms with Gasteiger partial charge in [-0.2, -0.15) is 37.0 Å². The number of rotatable bonds is 13. The third-order valence-corrected chi connectivity index (χ3v) is 5.02. The minimum atomic E-state index is -1.54. The first-order valence-corrected chi connectivity index (χ1v) is 11.0. The van der Waals surface area contributed by atoms with Crippen molar-refractivity contribution in [2.24, 2.45) is 5.73 Å². The van der Waals surface area contributed by atoms with Crippen LogP contribution in [0.4, 0.5) is 0 Å². The van der Waals surface area contributed by atoms with Gasteiger partial charge < -0.3 is 31.9 Å². The molecular weight excluding hydrogens is 428 g/mol. The number of nitrogens with one attached hydrogen (secondary N) is 3. The second-order valence-corrected chi connectivity index (χ2v) is 7.66. The number of hydrogen-bond donors (Lipinski definition) is 8. The third-order valence-electron chi connectivity index (χ3n) is 3.65. The maximum Gasteiger partial charge on any atom is 0.328 e. The smallest absolute Gasteiger partial charge is 0.328 e. The molecule has 0 fully saturated rings. The molecule has 0 aromatic heterocycles. The van der Waals surface area contributed by atoms with Gasteiger partial charge in [0.2, 0.25) is 17.7 Å². The fourth-order valence-electron chi connectivity index (χ4n) is 1.96. The third kappa shape index (κ3) is 9.37. The van der Waals surface area contributed by atoms with Gasteiger partial charge >= 0.3 is 5.97 Å². The molecule has 0 aromatic carbocycles. The lowest BCUT2D eigenvalue weighted by atomic mass is 10.1. The van der Waals surface area contributed by atoms with Crippen LogP contribution in [0.1, 0.15) is 13.3 Å². The molecule has 0 radical (unpaired) electrons. The van der Waals surface area contributed by atoms with E-state index < -0.39 is 54.0 Å². The van der Waals surface area contributed by atoms with Gasteiger partial charge in [0.15, 0.2) is 6.04 Å². The van der Waals surface area contributed by atoms with Crippen molar-refractivity contribution in [2.45, 2.75) is 43.6 Å². The van der Waals surface area contributed by atoms with Crippen molar-refractivity contribution < 1.29 is 29.4 Å². The topological polar surface area (TPSA) is 171 Å². The van der Waals surface area contributed by atoms with Gasteiger partial charge in [-0.1, -0.05) is 0 Å². The summed E-state index contributed by atoms with van der Waals surface area (Å²) in [6, 6.07) is -4.55. The fraction of sp³-hybridized carbons (Fsp3) is 0.733. The van der Waals surface area contributed by atoms with Gasteiger partial charge in [0.1, 0.15) is 12.1 Å². The lowest BCUT2D eigenvalue weighted by molar-refractivity contribution is -0.145. The number of carboxylic acids is 1. The highest BCUT2D eigenvalue weighted by molar-refractivity contribution is 7.98. The predicted molar refractivity (Wildman–Crippen MR) is 114 cm³/mol. The summed E-state index contributed by atoms with van der Waals surface area (Å²) in [5, 5.41) is 25.4. The highest BCUT2D eigenvalue weighted by Gasteiger charge is 2.30. The maximum atomic E-state index is 12.4.